The average molecular weight is 549 g/mol. The van der Waals surface area contributed by atoms with Crippen LogP contribution in [0.3, 0.4) is 0 Å². The molecular weight excluding hydrogens is 504 g/mol. The molecule has 0 spiro atoms. The highest BCUT2D eigenvalue weighted by atomic mass is 35.5. The number of ether oxygens (including phenoxy) is 1. The number of carbonyl (C=O) groups excluding carboxylic acids is 1. The summed E-state index contributed by atoms with van der Waals surface area (Å²) in [5.74, 6) is 4.33. The Labute approximate surface area is 232 Å². The predicted octanol–water partition coefficient (Wildman–Crippen LogP) is 5.09. The topological polar surface area (TPSA) is 94.1 Å². The fraction of sp³-hybridized carbons (Fsp3) is 0.724. The van der Waals surface area contributed by atoms with Gasteiger partial charge in [-0.3, -0.25) is 0 Å². The monoisotopic (exact) mass is 548 g/mol. The van der Waals surface area contributed by atoms with Crippen molar-refractivity contribution in [3.63, 3.8) is 0 Å². The zero-order valence-electron chi connectivity index (χ0n) is 23.1. The fourth-order valence-electron chi connectivity index (χ4n) is 7.37. The highest BCUT2D eigenvalue weighted by molar-refractivity contribution is 6.30. The van der Waals surface area contributed by atoms with Crippen molar-refractivity contribution >= 4 is 23.7 Å². The molecule has 4 bridgehead atoms. The molecule has 2 atom stereocenters. The van der Waals surface area contributed by atoms with Crippen LogP contribution in [-0.2, 0) is 4.74 Å². The highest BCUT2D eigenvalue weighted by Crippen LogP contribution is 2.57. The Balaban J connectivity index is 1.30. The third-order valence-corrected chi connectivity index (χ3v) is 9.36. The van der Waals surface area contributed by atoms with Crippen LogP contribution in [0.25, 0.3) is 0 Å². The average Bonchev–Trinajstić information content (AvgIpc) is 2.87. The third-order valence-electron chi connectivity index (χ3n) is 9.12. The van der Waals surface area contributed by atoms with Gasteiger partial charge in [-0.05, 0) is 99.3 Å². The zero-order chi connectivity index (χ0) is 27.2. The number of hydrogen-bond donors (Lipinski definition) is 3. The van der Waals surface area contributed by atoms with Gasteiger partial charge in [0.1, 0.15) is 0 Å². The summed E-state index contributed by atoms with van der Waals surface area (Å²) < 4.78 is 6.08. The van der Waals surface area contributed by atoms with Gasteiger partial charge in [-0.25, -0.2) is 9.59 Å². The van der Waals surface area contributed by atoms with Crippen molar-refractivity contribution in [3.8, 4) is 0 Å². The zero-order valence-corrected chi connectivity index (χ0v) is 23.8. The van der Waals surface area contributed by atoms with Crippen molar-refractivity contribution in [1.82, 2.24) is 20.4 Å². The van der Waals surface area contributed by atoms with Gasteiger partial charge in [0.05, 0.1) is 12.7 Å². The van der Waals surface area contributed by atoms with Crippen molar-refractivity contribution in [3.05, 3.63) is 34.9 Å². The normalized spacial score (nSPS) is 27.1. The minimum atomic E-state index is -0.992. The Hall–Kier alpha value is -2.03. The molecule has 4 aliphatic rings. The number of nitrogens with one attached hydrogen (secondary N) is 2. The van der Waals surface area contributed by atoms with E-state index in [0.717, 1.165) is 48.1 Å². The maximum absolute atomic E-state index is 13.2. The van der Waals surface area contributed by atoms with E-state index >= 15 is 0 Å². The molecule has 0 saturated heterocycles. The Morgan fingerprint density at radius 2 is 1.76 bits per heavy atom. The summed E-state index contributed by atoms with van der Waals surface area (Å²) in [7, 11) is 5.29. The maximum atomic E-state index is 13.2. The van der Waals surface area contributed by atoms with E-state index in [4.69, 9.17) is 21.4 Å². The van der Waals surface area contributed by atoms with Crippen LogP contribution < -0.4 is 10.6 Å². The van der Waals surface area contributed by atoms with E-state index in [1.807, 2.05) is 38.4 Å². The van der Waals surface area contributed by atoms with Gasteiger partial charge < -0.3 is 30.3 Å². The lowest BCUT2D eigenvalue weighted by Crippen LogP contribution is -2.51. The molecule has 0 aliphatic heterocycles. The Kier molecular flexibility index (Phi) is 10.2. The highest BCUT2D eigenvalue weighted by Gasteiger charge is 2.48. The molecule has 0 heterocycles. The maximum Gasteiger partial charge on any atom is 0.407 e. The number of carbonyl (C=O) groups is 2. The first-order valence-corrected chi connectivity index (χ1v) is 14.6. The predicted molar refractivity (Wildman–Crippen MR) is 149 cm³/mol. The molecule has 4 aliphatic carbocycles. The molecule has 9 heteroatoms. The van der Waals surface area contributed by atoms with E-state index in [-0.39, 0.29) is 31.3 Å². The molecule has 5 rings (SSSR count). The van der Waals surface area contributed by atoms with Crippen LogP contribution in [0, 0.1) is 29.6 Å². The quantitative estimate of drug-likeness (QED) is 0.319. The molecule has 3 amide bonds. The van der Waals surface area contributed by atoms with Crippen molar-refractivity contribution < 1.29 is 19.4 Å². The van der Waals surface area contributed by atoms with E-state index in [9.17, 15) is 9.59 Å². The van der Waals surface area contributed by atoms with Gasteiger partial charge in [0.15, 0.2) is 0 Å². The van der Waals surface area contributed by atoms with Crippen LogP contribution in [0.2, 0.25) is 5.02 Å². The van der Waals surface area contributed by atoms with Crippen LogP contribution in [-0.4, -0.2) is 80.5 Å². The summed E-state index contributed by atoms with van der Waals surface area (Å²) in [5, 5.41) is 16.3. The molecule has 4 fully saturated rings. The largest absolute Gasteiger partial charge is 0.465 e. The second-order valence-electron chi connectivity index (χ2n) is 11.9. The van der Waals surface area contributed by atoms with Gasteiger partial charge in [0.25, 0.3) is 0 Å². The number of carboxylic acid groups (broad SMARTS) is 1. The van der Waals surface area contributed by atoms with E-state index in [0.29, 0.717) is 18.0 Å². The van der Waals surface area contributed by atoms with Crippen molar-refractivity contribution in [2.45, 2.75) is 57.1 Å². The molecular formula is C29H45ClN4O4. The first kappa shape index (κ1) is 29.0. The Morgan fingerprint density at radius 1 is 1.08 bits per heavy atom. The van der Waals surface area contributed by atoms with E-state index in [2.05, 4.69) is 10.6 Å². The third kappa shape index (κ3) is 7.54. The van der Waals surface area contributed by atoms with Gasteiger partial charge in [0, 0.05) is 44.8 Å². The molecule has 0 radical (unpaired) electrons. The lowest BCUT2D eigenvalue weighted by atomic mass is 9.51. The number of likely N-dealkylation sites (N-methyl/N-ethyl adjacent to an activating group) is 2. The summed E-state index contributed by atoms with van der Waals surface area (Å²) in [6.45, 7) is 1.79. The summed E-state index contributed by atoms with van der Waals surface area (Å²) in [4.78, 5) is 27.2. The number of urea groups is 1. The smallest absolute Gasteiger partial charge is 0.407 e. The van der Waals surface area contributed by atoms with Crippen molar-refractivity contribution in [1.29, 1.82) is 0 Å². The minimum absolute atomic E-state index is 0.0653. The number of halogens is 1. The summed E-state index contributed by atoms with van der Waals surface area (Å²) in [6, 6.07) is 7.55. The van der Waals surface area contributed by atoms with Crippen LogP contribution in [0.1, 0.15) is 56.6 Å². The molecule has 4 saturated carbocycles. The molecule has 1 aromatic carbocycles. The molecule has 0 unspecified atom stereocenters. The van der Waals surface area contributed by atoms with Gasteiger partial charge in [-0.1, -0.05) is 23.7 Å². The number of rotatable bonds is 13. The summed E-state index contributed by atoms with van der Waals surface area (Å²) in [6.07, 6.45) is 7.37. The Bertz CT molecular complexity index is 919. The number of nitrogens with zero attached hydrogens (tertiary/aromatic N) is 2. The van der Waals surface area contributed by atoms with E-state index < -0.39 is 6.09 Å². The van der Waals surface area contributed by atoms with Crippen LogP contribution in [0.4, 0.5) is 9.59 Å². The number of benzene rings is 1. The standard InChI is InChI=1S/C29H45ClN4O4/c1-31-18-25(17-26-22-12-19-11-20(14-22)15-23(26)13-19)32-28(35)33(2)8-7-27(21-5-4-6-24(30)16-21)38-10-9-34(3)29(36)37/h4-6,16,19-20,22-23,25-27,31H,7-15,17-18H2,1-3H3,(H,32,35)(H,36,37)/t19?,20?,22?,23?,25-,26?,27+/m0/s1. The van der Waals surface area contributed by atoms with Crippen LogP contribution in [0.5, 0.6) is 0 Å². The Morgan fingerprint density at radius 3 is 2.37 bits per heavy atom. The van der Waals surface area contributed by atoms with E-state index in [1.54, 1.807) is 4.90 Å². The van der Waals surface area contributed by atoms with Crippen LogP contribution >= 0.6 is 11.6 Å². The van der Waals surface area contributed by atoms with Crippen molar-refractivity contribution in [2.24, 2.45) is 29.6 Å². The van der Waals surface area contributed by atoms with E-state index in [1.165, 1.54) is 44.1 Å². The van der Waals surface area contributed by atoms with Gasteiger partial charge in [-0.2, -0.15) is 0 Å². The molecule has 8 nitrogen and oxygen atoms in total. The number of amides is 3. The van der Waals surface area contributed by atoms with Gasteiger partial charge >= 0.3 is 12.1 Å². The summed E-state index contributed by atoms with van der Waals surface area (Å²) >= 11 is 6.22. The molecule has 0 aromatic heterocycles. The second-order valence-corrected chi connectivity index (χ2v) is 12.3. The molecule has 38 heavy (non-hydrogen) atoms. The number of hydrogen-bond acceptors (Lipinski definition) is 4. The van der Waals surface area contributed by atoms with Crippen LogP contribution in [0.15, 0.2) is 24.3 Å². The second kappa shape index (κ2) is 13.4. The molecule has 212 valence electrons. The molecule has 1 aromatic rings. The fourth-order valence-corrected chi connectivity index (χ4v) is 7.57. The summed E-state index contributed by atoms with van der Waals surface area (Å²) in [5.41, 5.74) is 0.916. The SMILES string of the molecule is CNC[C@H](CC1C2CC3CC(C2)CC1C3)NC(=O)N(C)CC[C@@H](OCCN(C)C(=O)O)c1cccc(Cl)c1. The minimum Gasteiger partial charge on any atom is -0.465 e. The van der Waals surface area contributed by atoms with Gasteiger partial charge in [0.2, 0.25) is 0 Å². The van der Waals surface area contributed by atoms with Gasteiger partial charge in [-0.15, -0.1) is 0 Å². The van der Waals surface area contributed by atoms with Crippen molar-refractivity contribution in [2.75, 3.05) is 47.4 Å². The lowest BCUT2D eigenvalue weighted by molar-refractivity contribution is -0.0428. The lowest BCUT2D eigenvalue weighted by Gasteiger charge is -2.55. The first-order valence-electron chi connectivity index (χ1n) is 14.2. The first-order chi connectivity index (χ1) is 18.2. The molecule has 3 N–H and O–H groups in total.